The summed E-state index contributed by atoms with van der Waals surface area (Å²) in [4.78, 5) is 27.5. The van der Waals surface area contributed by atoms with E-state index < -0.39 is 11.8 Å². The molecule has 5 nitrogen and oxygen atoms in total. The van der Waals surface area contributed by atoms with E-state index in [0.717, 1.165) is 28.5 Å². The van der Waals surface area contributed by atoms with Crippen LogP contribution in [0, 0.1) is 5.82 Å². The van der Waals surface area contributed by atoms with Crippen molar-refractivity contribution in [3.05, 3.63) is 65.6 Å². The number of rotatable bonds is 2. The molecule has 6 heteroatoms. The number of hydrogen-bond donors (Lipinski definition) is 3. The molecule has 1 aromatic heterocycles. The van der Waals surface area contributed by atoms with Gasteiger partial charge >= 0.3 is 11.8 Å². The summed E-state index contributed by atoms with van der Waals surface area (Å²) in [6.45, 7) is 0. The lowest BCUT2D eigenvalue weighted by Crippen LogP contribution is -2.37. The van der Waals surface area contributed by atoms with Crippen molar-refractivity contribution in [3.63, 3.8) is 0 Å². The fourth-order valence-electron chi connectivity index (χ4n) is 3.32. The van der Waals surface area contributed by atoms with Gasteiger partial charge in [-0.3, -0.25) is 9.59 Å². The first-order valence-corrected chi connectivity index (χ1v) is 8.08. The van der Waals surface area contributed by atoms with Crippen molar-refractivity contribution in [2.24, 2.45) is 0 Å². The predicted molar refractivity (Wildman–Crippen MR) is 92.5 cm³/mol. The van der Waals surface area contributed by atoms with Gasteiger partial charge in [0, 0.05) is 17.1 Å². The van der Waals surface area contributed by atoms with Gasteiger partial charge in [0.05, 0.1) is 11.7 Å². The van der Waals surface area contributed by atoms with E-state index in [2.05, 4.69) is 15.6 Å². The number of H-pyrrole nitrogens is 1. The predicted octanol–water partition coefficient (Wildman–Crippen LogP) is 3.05. The van der Waals surface area contributed by atoms with Gasteiger partial charge in [-0.05, 0) is 54.3 Å². The second-order valence-corrected chi connectivity index (χ2v) is 6.11. The molecule has 2 amide bonds. The lowest BCUT2D eigenvalue weighted by molar-refractivity contribution is -0.136. The quantitative estimate of drug-likeness (QED) is 0.629. The number of carbonyl (C=O) groups excluding carboxylic acids is 2. The van der Waals surface area contributed by atoms with Crippen molar-refractivity contribution in [2.45, 2.75) is 18.9 Å². The number of aromatic nitrogens is 1. The highest BCUT2D eigenvalue weighted by molar-refractivity contribution is 6.40. The van der Waals surface area contributed by atoms with Gasteiger partial charge < -0.3 is 15.6 Å². The van der Waals surface area contributed by atoms with Gasteiger partial charge in [0.2, 0.25) is 0 Å². The minimum absolute atomic E-state index is 0.341. The molecule has 0 fully saturated rings. The molecule has 1 atom stereocenters. The van der Waals surface area contributed by atoms with Crippen molar-refractivity contribution in [1.82, 2.24) is 10.3 Å². The van der Waals surface area contributed by atoms with E-state index in [1.807, 2.05) is 12.1 Å². The van der Waals surface area contributed by atoms with E-state index in [4.69, 9.17) is 0 Å². The molecule has 0 aliphatic heterocycles. The number of anilines is 1. The molecule has 4 rings (SSSR count). The van der Waals surface area contributed by atoms with Gasteiger partial charge in [-0.25, -0.2) is 4.39 Å². The molecule has 1 heterocycles. The maximum absolute atomic E-state index is 13.4. The fraction of sp³-hybridized carbons (Fsp3) is 0.158. The standard InChI is InChI=1S/C19H16FN3O2/c20-12-6-4-11-5-7-17(14(11)10-12)23-19(25)18(24)22-16-3-1-2-15-13(16)8-9-21-15/h1-4,6,8-10,17,21H,5,7H2,(H,22,24)(H,23,25)/t17-/m1/s1. The van der Waals surface area contributed by atoms with Crippen molar-refractivity contribution >= 4 is 28.4 Å². The van der Waals surface area contributed by atoms with E-state index in [1.165, 1.54) is 12.1 Å². The van der Waals surface area contributed by atoms with E-state index in [1.54, 1.807) is 24.4 Å². The molecule has 0 spiro atoms. The molecule has 0 unspecified atom stereocenters. The first-order chi connectivity index (χ1) is 12.1. The zero-order valence-electron chi connectivity index (χ0n) is 13.3. The summed E-state index contributed by atoms with van der Waals surface area (Å²) >= 11 is 0. The first-order valence-electron chi connectivity index (χ1n) is 8.08. The Bertz CT molecular complexity index is 980. The van der Waals surface area contributed by atoms with Gasteiger partial charge in [-0.2, -0.15) is 0 Å². The summed E-state index contributed by atoms with van der Waals surface area (Å²) in [5.74, 6) is -1.81. The maximum Gasteiger partial charge on any atom is 0.313 e. The fourth-order valence-corrected chi connectivity index (χ4v) is 3.32. The summed E-state index contributed by atoms with van der Waals surface area (Å²) in [6, 6.07) is 11.5. The summed E-state index contributed by atoms with van der Waals surface area (Å²) in [5.41, 5.74) is 3.19. The van der Waals surface area contributed by atoms with Crippen LogP contribution in [0.15, 0.2) is 48.7 Å². The normalized spacial score (nSPS) is 15.8. The molecule has 0 radical (unpaired) electrons. The highest BCUT2D eigenvalue weighted by Crippen LogP contribution is 2.31. The lowest BCUT2D eigenvalue weighted by atomic mass is 10.1. The number of halogens is 1. The van der Waals surface area contributed by atoms with Crippen LogP contribution >= 0.6 is 0 Å². The number of amides is 2. The van der Waals surface area contributed by atoms with Crippen LogP contribution in [0.4, 0.5) is 10.1 Å². The topological polar surface area (TPSA) is 74.0 Å². The third kappa shape index (κ3) is 2.87. The number of carbonyl (C=O) groups is 2. The summed E-state index contributed by atoms with van der Waals surface area (Å²) in [6.07, 6.45) is 3.18. The maximum atomic E-state index is 13.4. The number of benzene rings is 2. The summed E-state index contributed by atoms with van der Waals surface area (Å²) in [7, 11) is 0. The average molecular weight is 337 g/mol. The van der Waals surface area contributed by atoms with Crippen LogP contribution < -0.4 is 10.6 Å². The number of aryl methyl sites for hydroxylation is 1. The first kappa shape index (κ1) is 15.4. The Hall–Kier alpha value is -3.15. The third-order valence-electron chi connectivity index (χ3n) is 4.54. The van der Waals surface area contributed by atoms with Crippen LogP contribution in [0.1, 0.15) is 23.6 Å². The Balaban J connectivity index is 1.48. The van der Waals surface area contributed by atoms with Crippen LogP contribution in [0.2, 0.25) is 0 Å². The number of aromatic amines is 1. The molecule has 25 heavy (non-hydrogen) atoms. The van der Waals surface area contributed by atoms with Gasteiger partial charge in [0.25, 0.3) is 0 Å². The van der Waals surface area contributed by atoms with Crippen LogP contribution in [0.25, 0.3) is 10.9 Å². The van der Waals surface area contributed by atoms with Crippen LogP contribution in [-0.2, 0) is 16.0 Å². The minimum atomic E-state index is -0.737. The number of fused-ring (bicyclic) bond motifs is 2. The van der Waals surface area contributed by atoms with Gasteiger partial charge in [-0.1, -0.05) is 12.1 Å². The Labute approximate surface area is 143 Å². The Morgan fingerprint density at radius 2 is 2.00 bits per heavy atom. The molecule has 126 valence electrons. The molecule has 0 saturated carbocycles. The highest BCUT2D eigenvalue weighted by atomic mass is 19.1. The molecular weight excluding hydrogens is 321 g/mol. The monoisotopic (exact) mass is 337 g/mol. The zero-order valence-corrected chi connectivity index (χ0v) is 13.3. The van der Waals surface area contributed by atoms with Crippen LogP contribution in [0.5, 0.6) is 0 Å². The van der Waals surface area contributed by atoms with Crippen molar-refractivity contribution in [1.29, 1.82) is 0 Å². The van der Waals surface area contributed by atoms with E-state index >= 15 is 0 Å². The van der Waals surface area contributed by atoms with Crippen LogP contribution in [-0.4, -0.2) is 16.8 Å². The van der Waals surface area contributed by atoms with E-state index in [-0.39, 0.29) is 11.9 Å². The molecule has 1 aliphatic rings. The molecule has 3 aromatic rings. The minimum Gasteiger partial charge on any atom is -0.361 e. The molecule has 0 bridgehead atoms. The van der Waals surface area contributed by atoms with E-state index in [9.17, 15) is 14.0 Å². The number of nitrogens with one attached hydrogen (secondary N) is 3. The molecule has 0 saturated heterocycles. The molecule has 2 aromatic carbocycles. The van der Waals surface area contributed by atoms with Crippen molar-refractivity contribution < 1.29 is 14.0 Å². The average Bonchev–Trinajstić information content (AvgIpc) is 3.22. The van der Waals surface area contributed by atoms with E-state index in [0.29, 0.717) is 12.1 Å². The Morgan fingerprint density at radius 3 is 2.88 bits per heavy atom. The highest BCUT2D eigenvalue weighted by Gasteiger charge is 2.26. The Kier molecular flexibility index (Phi) is 3.72. The van der Waals surface area contributed by atoms with Gasteiger partial charge in [-0.15, -0.1) is 0 Å². The summed E-state index contributed by atoms with van der Waals surface area (Å²) < 4.78 is 13.4. The smallest absolute Gasteiger partial charge is 0.313 e. The summed E-state index contributed by atoms with van der Waals surface area (Å²) in [5, 5.41) is 6.16. The van der Waals surface area contributed by atoms with Gasteiger partial charge in [0.15, 0.2) is 0 Å². The molecule has 3 N–H and O–H groups in total. The van der Waals surface area contributed by atoms with Crippen molar-refractivity contribution in [3.8, 4) is 0 Å². The van der Waals surface area contributed by atoms with Crippen LogP contribution in [0.3, 0.4) is 0 Å². The number of hydrogen-bond acceptors (Lipinski definition) is 2. The Morgan fingerprint density at radius 1 is 1.12 bits per heavy atom. The van der Waals surface area contributed by atoms with Crippen molar-refractivity contribution in [2.75, 3.05) is 5.32 Å². The second-order valence-electron chi connectivity index (χ2n) is 6.11. The molecule has 1 aliphatic carbocycles. The van der Waals surface area contributed by atoms with Gasteiger partial charge in [0.1, 0.15) is 5.82 Å². The largest absolute Gasteiger partial charge is 0.361 e. The lowest BCUT2D eigenvalue weighted by Gasteiger charge is -2.14. The second kappa shape index (κ2) is 6.05. The molecular formula is C19H16FN3O2. The SMILES string of the molecule is O=C(Nc1cccc2[nH]ccc12)C(=O)N[C@@H]1CCc2ccc(F)cc21. The third-order valence-corrected chi connectivity index (χ3v) is 4.54. The zero-order chi connectivity index (χ0) is 17.4.